The molecule has 9 aliphatic carbocycles. The zero-order chi connectivity index (χ0) is 84.6. The van der Waals surface area contributed by atoms with E-state index in [1.54, 1.807) is 26.9 Å². The summed E-state index contributed by atoms with van der Waals surface area (Å²) < 4.78 is 27.9. The smallest absolute Gasteiger partial charge is 0.168 e. The molecule has 0 amide bonds. The molecule has 8 bridgehead atoms. The normalized spacial score (nSPS) is 29.6. The summed E-state index contributed by atoms with van der Waals surface area (Å²) in [7, 11) is 7.06. The van der Waals surface area contributed by atoms with E-state index >= 15 is 0 Å². The monoisotopic (exact) mass is 1670 g/mol. The van der Waals surface area contributed by atoms with E-state index in [9.17, 15) is 4.79 Å². The Kier molecular flexibility index (Phi) is 32.2. The molecular weight excluding hydrogens is 1510 g/mol. The molecule has 670 valence electrons. The minimum atomic E-state index is -0.350. The Labute approximate surface area is 745 Å². The first kappa shape index (κ1) is 90.3. The Bertz CT molecular complexity index is 4190. The van der Waals surface area contributed by atoms with Crippen molar-refractivity contribution in [1.82, 2.24) is 24.5 Å². The predicted octanol–water partition coefficient (Wildman–Crippen LogP) is 25.6. The molecule has 5 saturated heterocycles. The number of methoxy groups -OCH3 is 4. The molecule has 0 radical (unpaired) electrons. The largest absolute Gasteiger partial charge is 0.496 e. The lowest BCUT2D eigenvalue weighted by molar-refractivity contribution is 0.0858. The van der Waals surface area contributed by atoms with Gasteiger partial charge in [0.25, 0.3) is 0 Å². The third kappa shape index (κ3) is 23.0. The van der Waals surface area contributed by atoms with Crippen molar-refractivity contribution in [2.75, 3.05) is 107 Å². The van der Waals surface area contributed by atoms with Crippen molar-refractivity contribution in [3.63, 3.8) is 0 Å². The van der Waals surface area contributed by atoms with Gasteiger partial charge in [-0.25, -0.2) is 0 Å². The topological polar surface area (TPSA) is 79.4 Å². The Morgan fingerprint density at radius 2 is 0.707 bits per heavy atom. The maximum atomic E-state index is 12.8. The number of piperidine rings is 5. The number of benzene rings is 6. The summed E-state index contributed by atoms with van der Waals surface area (Å²) in [5.74, 6) is 16.7. The highest BCUT2D eigenvalue weighted by molar-refractivity contribution is 6.00. The van der Waals surface area contributed by atoms with Gasteiger partial charge in [0, 0.05) is 48.3 Å². The van der Waals surface area contributed by atoms with Crippen molar-refractivity contribution < 1.29 is 28.5 Å². The molecular formula is C112H161N5O6. The molecule has 5 aliphatic heterocycles. The van der Waals surface area contributed by atoms with E-state index in [1.165, 1.54) is 324 Å². The van der Waals surface area contributed by atoms with Gasteiger partial charge in [0.05, 0.1) is 27.9 Å². The average molecular weight is 1670 g/mol. The van der Waals surface area contributed by atoms with Crippen LogP contribution in [-0.2, 0) is 4.74 Å². The van der Waals surface area contributed by atoms with Crippen LogP contribution in [0.25, 0.3) is 11.1 Å². The second kappa shape index (κ2) is 43.8. The summed E-state index contributed by atoms with van der Waals surface area (Å²) in [6, 6.07) is 56.3. The zero-order valence-corrected chi connectivity index (χ0v) is 77.7. The van der Waals surface area contributed by atoms with Crippen molar-refractivity contribution in [3.8, 4) is 34.1 Å². The lowest BCUT2D eigenvalue weighted by Crippen LogP contribution is -2.43. The van der Waals surface area contributed by atoms with Crippen molar-refractivity contribution in [1.29, 1.82) is 0 Å². The number of ether oxygens (including phenoxy) is 5. The molecule has 20 rings (SSSR count). The second-order valence-corrected chi connectivity index (χ2v) is 42.6. The summed E-state index contributed by atoms with van der Waals surface area (Å²) in [4.78, 5) is 26.8. The average Bonchev–Trinajstić information content (AvgIpc) is 1.78. The van der Waals surface area contributed by atoms with Gasteiger partial charge in [-0.05, 0) is 384 Å². The van der Waals surface area contributed by atoms with Crippen molar-refractivity contribution in [3.05, 3.63) is 179 Å². The molecule has 0 aromatic heterocycles. The second-order valence-electron chi connectivity index (χ2n) is 42.6. The number of nitrogens with zero attached hydrogens (tertiary/aromatic N) is 5. The molecule has 11 heteroatoms. The van der Waals surface area contributed by atoms with Gasteiger partial charge >= 0.3 is 0 Å². The van der Waals surface area contributed by atoms with Gasteiger partial charge in [0.2, 0.25) is 0 Å². The Morgan fingerprint density at radius 1 is 0.325 bits per heavy atom. The van der Waals surface area contributed by atoms with Crippen LogP contribution >= 0.6 is 0 Å². The van der Waals surface area contributed by atoms with Crippen LogP contribution in [0.3, 0.4) is 0 Å². The molecule has 13 atom stereocenters. The summed E-state index contributed by atoms with van der Waals surface area (Å²) in [6.07, 6.45) is 49.7. The van der Waals surface area contributed by atoms with E-state index in [-0.39, 0.29) is 11.2 Å². The van der Waals surface area contributed by atoms with Crippen LogP contribution in [0.4, 0.5) is 0 Å². The standard InChI is InChI=1S/C25H39NO.C24H35NO2.C24H29N.C21H31NO2.C18H27NO/c1-19-7-9-20-11-12-23(18-21(17-20)10-8-19)26-15-13-22(14-16-26)24-5-3-4-6-25(24)27-2;1-24(2,3)23(26)19-7-8-22(27-4)20(15-19)17-9-11-25(12-10-17)21-14-16-5-6-18(21)13-16;1-2-6-19(7-3-1)22-8-4-5-9-23(22)20-12-14-25(15-13-20)24-17-18-10-11-21(24)16-18;1-23-12-13-24-21-5-3-2-4-19(21)17-8-10-22(11-9-17)20-15-16-6-7-18(20)14-16;1-20-18-10-6-5-9-17(18)15-11-13-19(14-12-15)16-7-3-2-4-8-16/h3-6,19-23H,7-18H2,1-2H3;7-8,15-18,21H,5-6,9-14H2,1-4H3;1-9,18,20-21,24H,10-17H2;2-5,16-18,20H,6-15H2,1H3;5-6,9-10,15-16H,2-4,7-8,11-14H2,1H3/t;16-,18?,21-;18-,21?,24-;16-,18?,20-;/m.000./s1. The fourth-order valence-corrected chi connectivity index (χ4v) is 27.4. The minimum Gasteiger partial charge on any atom is -0.496 e. The van der Waals surface area contributed by atoms with Crippen LogP contribution < -0.4 is 18.9 Å². The highest BCUT2D eigenvalue weighted by Crippen LogP contribution is 2.52. The number of fused-ring (bicyclic) bond motifs is 8. The van der Waals surface area contributed by atoms with Crippen LogP contribution in [-0.4, -0.2) is 168 Å². The molecule has 11 nitrogen and oxygen atoms in total. The van der Waals surface area contributed by atoms with Crippen LogP contribution in [0.2, 0.25) is 0 Å². The summed E-state index contributed by atoms with van der Waals surface area (Å²) in [5, 5.41) is 0. The number of para-hydroxylation sites is 3. The van der Waals surface area contributed by atoms with E-state index in [2.05, 4.69) is 165 Å². The Morgan fingerprint density at radius 3 is 1.16 bits per heavy atom. The molecule has 14 aliphatic rings. The number of Topliss-reactive ketones (excluding diaryl/α,β-unsaturated/α-hetero) is 1. The van der Waals surface area contributed by atoms with Gasteiger partial charge in [-0.3, -0.25) is 4.79 Å². The highest BCUT2D eigenvalue weighted by atomic mass is 16.5. The van der Waals surface area contributed by atoms with Gasteiger partial charge < -0.3 is 48.2 Å². The third-order valence-electron chi connectivity index (χ3n) is 34.2. The summed E-state index contributed by atoms with van der Waals surface area (Å²) in [5.41, 5.74) is 10.3. The SMILES string of the molecule is COCCOc1ccccc1C1CCN([C@H]2C[C@H]3CCC2C3)CC1.COc1ccc(C(=O)C(C)(C)C)cc1C1CCN([C@H]2C[C@H]3CCC2C3)CC1.COc1ccccc1C1CCN(C2CCC3CCC(C)CCC(C3)C2)CC1.COc1ccccc1C1CCN(C2CCCCC2)CC1.c1ccc(-c2ccccc2C2CCN([C@H]3C[C@H]4CCC3C4)CC2)cc1. The lowest BCUT2D eigenvalue weighted by atomic mass is 9.80. The summed E-state index contributed by atoms with van der Waals surface area (Å²) >= 11 is 0. The first-order valence-corrected chi connectivity index (χ1v) is 50.7. The van der Waals surface area contributed by atoms with E-state index in [4.69, 9.17) is 23.7 Å². The zero-order valence-electron chi connectivity index (χ0n) is 77.7. The number of carbonyl (C=O) groups excluding carboxylic acids is 1. The first-order valence-electron chi connectivity index (χ1n) is 50.7. The van der Waals surface area contributed by atoms with E-state index < -0.39 is 0 Å². The fraction of sp³-hybridized carbons (Fsp3) is 0.670. The first-order chi connectivity index (χ1) is 60.2. The summed E-state index contributed by atoms with van der Waals surface area (Å²) in [6.45, 7) is 22.4. The number of hydrogen-bond donors (Lipinski definition) is 0. The van der Waals surface area contributed by atoms with Gasteiger partial charge in [-0.1, -0.05) is 201 Å². The maximum absolute atomic E-state index is 12.8. The lowest BCUT2D eigenvalue weighted by Gasteiger charge is -2.40. The molecule has 123 heavy (non-hydrogen) atoms. The van der Waals surface area contributed by atoms with E-state index in [0.29, 0.717) is 36.9 Å². The van der Waals surface area contributed by atoms with Crippen LogP contribution in [0.1, 0.15) is 320 Å². The van der Waals surface area contributed by atoms with Crippen molar-refractivity contribution in [2.24, 2.45) is 58.7 Å². The van der Waals surface area contributed by atoms with Gasteiger partial charge in [-0.15, -0.1) is 0 Å². The molecule has 6 aromatic rings. The number of carbonyl (C=O) groups is 1. The van der Waals surface area contributed by atoms with Gasteiger partial charge in [-0.2, -0.15) is 0 Å². The maximum Gasteiger partial charge on any atom is 0.168 e. The molecule has 14 fully saturated rings. The fourth-order valence-electron chi connectivity index (χ4n) is 27.4. The van der Waals surface area contributed by atoms with Crippen LogP contribution in [0.5, 0.6) is 23.0 Å². The number of ketones is 1. The number of rotatable bonds is 19. The predicted molar refractivity (Wildman–Crippen MR) is 508 cm³/mol. The molecule has 5 heterocycles. The Balaban J connectivity index is 0.000000114. The van der Waals surface area contributed by atoms with Gasteiger partial charge in [0.15, 0.2) is 5.78 Å². The molecule has 7 unspecified atom stereocenters. The van der Waals surface area contributed by atoms with Crippen molar-refractivity contribution >= 4 is 5.78 Å². The molecule has 9 saturated carbocycles. The Hall–Kier alpha value is -6.05. The third-order valence-corrected chi connectivity index (χ3v) is 34.2. The highest BCUT2D eigenvalue weighted by Gasteiger charge is 2.47. The quantitative estimate of drug-likeness (QED) is 0.0575. The van der Waals surface area contributed by atoms with Crippen molar-refractivity contribution in [2.45, 2.75) is 312 Å². The van der Waals surface area contributed by atoms with Gasteiger partial charge in [0.1, 0.15) is 29.6 Å². The van der Waals surface area contributed by atoms with E-state index in [0.717, 1.165) is 118 Å². The molecule has 0 N–H and O–H groups in total. The number of hydrogen-bond acceptors (Lipinski definition) is 11. The minimum absolute atomic E-state index is 0.214. The van der Waals surface area contributed by atoms with Crippen LogP contribution in [0.15, 0.2) is 146 Å². The number of likely N-dealkylation sites (tertiary alicyclic amines) is 5. The molecule has 6 aromatic carbocycles. The van der Waals surface area contributed by atoms with Crippen LogP contribution in [0, 0.1) is 58.7 Å². The van der Waals surface area contributed by atoms with E-state index in [1.807, 2.05) is 40.0 Å². The molecule has 0 spiro atoms.